The molecule has 10 heteroatoms. The Morgan fingerprint density at radius 2 is 2.03 bits per heavy atom. The minimum atomic E-state index is -0.508. The zero-order valence-corrected chi connectivity index (χ0v) is 20.8. The minimum absolute atomic E-state index is 0.0573. The quantitative estimate of drug-likeness (QED) is 0.503. The second kappa shape index (κ2) is 10.7. The maximum Gasteiger partial charge on any atom is 0.251 e. The van der Waals surface area contributed by atoms with Crippen LogP contribution in [-0.4, -0.2) is 85.8 Å². The summed E-state index contributed by atoms with van der Waals surface area (Å²) in [7, 11) is 3.94. The highest BCUT2D eigenvalue weighted by Crippen LogP contribution is 2.39. The van der Waals surface area contributed by atoms with Crippen LogP contribution in [0.3, 0.4) is 0 Å². The molecule has 2 aliphatic heterocycles. The Labute approximate surface area is 210 Å². The number of nitrogens with one attached hydrogen (secondary N) is 1. The number of carbonyl (C=O) groups excluding carboxylic acids is 1. The van der Waals surface area contributed by atoms with Crippen molar-refractivity contribution in [1.82, 2.24) is 25.2 Å². The molecule has 2 aliphatic rings. The molecule has 2 fully saturated rings. The molecule has 4 heterocycles. The SMILES string of the molecule is CN(C)CCNC(=O)c1cc(C2CCCN2c2ccnc(F)c2)c2nc(N3CCOCC3)cnc2c1. The van der Waals surface area contributed by atoms with Crippen molar-refractivity contribution in [2.24, 2.45) is 0 Å². The highest BCUT2D eigenvalue weighted by molar-refractivity contribution is 5.98. The van der Waals surface area contributed by atoms with Gasteiger partial charge in [0.1, 0.15) is 5.82 Å². The maximum absolute atomic E-state index is 14.0. The Balaban J connectivity index is 1.56. The summed E-state index contributed by atoms with van der Waals surface area (Å²) < 4.78 is 19.5. The number of morpholine rings is 1. The molecule has 0 spiro atoms. The van der Waals surface area contributed by atoms with E-state index < -0.39 is 5.95 Å². The van der Waals surface area contributed by atoms with Crippen LogP contribution in [0.5, 0.6) is 0 Å². The molecule has 0 bridgehead atoms. The molecule has 190 valence electrons. The molecule has 0 radical (unpaired) electrons. The third kappa shape index (κ3) is 5.24. The molecule has 1 N–H and O–H groups in total. The van der Waals surface area contributed by atoms with Gasteiger partial charge in [-0.05, 0) is 45.1 Å². The van der Waals surface area contributed by atoms with Gasteiger partial charge in [0.2, 0.25) is 5.95 Å². The zero-order valence-electron chi connectivity index (χ0n) is 20.8. The highest BCUT2D eigenvalue weighted by atomic mass is 19.1. The Bertz CT molecular complexity index is 1230. The number of likely N-dealkylation sites (N-methyl/N-ethyl adjacent to an activating group) is 1. The molecule has 1 unspecified atom stereocenters. The van der Waals surface area contributed by atoms with E-state index in [9.17, 15) is 9.18 Å². The molecular formula is C26H32FN7O2. The van der Waals surface area contributed by atoms with Gasteiger partial charge in [0.25, 0.3) is 5.91 Å². The summed E-state index contributed by atoms with van der Waals surface area (Å²) in [5.41, 5.74) is 3.71. The van der Waals surface area contributed by atoms with E-state index in [0.29, 0.717) is 30.8 Å². The van der Waals surface area contributed by atoms with E-state index in [0.717, 1.165) is 61.6 Å². The van der Waals surface area contributed by atoms with E-state index in [1.165, 1.54) is 12.3 Å². The van der Waals surface area contributed by atoms with Crippen LogP contribution in [-0.2, 0) is 4.74 Å². The Morgan fingerprint density at radius 3 is 2.81 bits per heavy atom. The van der Waals surface area contributed by atoms with Crippen molar-refractivity contribution in [3.63, 3.8) is 0 Å². The molecular weight excluding hydrogens is 461 g/mol. The first-order valence-corrected chi connectivity index (χ1v) is 12.4. The molecule has 3 aromatic rings. The van der Waals surface area contributed by atoms with E-state index in [2.05, 4.69) is 20.1 Å². The van der Waals surface area contributed by atoms with Crippen LogP contribution < -0.4 is 15.1 Å². The number of amides is 1. The predicted octanol–water partition coefficient (Wildman–Crippen LogP) is 2.63. The van der Waals surface area contributed by atoms with Gasteiger partial charge in [-0.15, -0.1) is 0 Å². The number of hydrogen-bond donors (Lipinski definition) is 1. The molecule has 1 aromatic carbocycles. The number of carbonyl (C=O) groups is 1. The van der Waals surface area contributed by atoms with E-state index in [1.54, 1.807) is 6.20 Å². The second-order valence-corrected chi connectivity index (χ2v) is 9.51. The average molecular weight is 494 g/mol. The molecule has 0 aliphatic carbocycles. The highest BCUT2D eigenvalue weighted by Gasteiger charge is 2.30. The third-order valence-electron chi connectivity index (χ3n) is 6.76. The lowest BCUT2D eigenvalue weighted by Gasteiger charge is -2.29. The summed E-state index contributed by atoms with van der Waals surface area (Å²) >= 11 is 0. The summed E-state index contributed by atoms with van der Waals surface area (Å²) in [5, 5.41) is 3.00. The average Bonchev–Trinajstić information content (AvgIpc) is 3.38. The van der Waals surface area contributed by atoms with Crippen LogP contribution in [0.2, 0.25) is 0 Å². The van der Waals surface area contributed by atoms with Crippen LogP contribution >= 0.6 is 0 Å². The summed E-state index contributed by atoms with van der Waals surface area (Å²) in [6.07, 6.45) is 5.08. The lowest BCUT2D eigenvalue weighted by Crippen LogP contribution is -2.36. The monoisotopic (exact) mass is 493 g/mol. The van der Waals surface area contributed by atoms with Crippen molar-refractivity contribution in [2.75, 3.05) is 69.8 Å². The van der Waals surface area contributed by atoms with Gasteiger partial charge >= 0.3 is 0 Å². The fourth-order valence-electron chi connectivity index (χ4n) is 4.93. The van der Waals surface area contributed by atoms with Crippen LogP contribution in [0, 0.1) is 5.95 Å². The summed E-state index contributed by atoms with van der Waals surface area (Å²) in [5.74, 6) is 0.153. The number of halogens is 1. The molecule has 5 rings (SSSR count). The van der Waals surface area contributed by atoms with Gasteiger partial charge in [-0.1, -0.05) is 0 Å². The van der Waals surface area contributed by atoms with Gasteiger partial charge in [0, 0.05) is 61.8 Å². The Kier molecular flexibility index (Phi) is 7.24. The molecule has 2 aromatic heterocycles. The molecule has 9 nitrogen and oxygen atoms in total. The number of nitrogens with zero attached hydrogens (tertiary/aromatic N) is 6. The first-order chi connectivity index (χ1) is 17.5. The fraction of sp³-hybridized carbons (Fsp3) is 0.462. The number of pyridine rings is 1. The largest absolute Gasteiger partial charge is 0.378 e. The number of anilines is 2. The van der Waals surface area contributed by atoms with E-state index in [-0.39, 0.29) is 11.9 Å². The van der Waals surface area contributed by atoms with Crippen molar-refractivity contribution in [2.45, 2.75) is 18.9 Å². The molecule has 2 saturated heterocycles. The van der Waals surface area contributed by atoms with Crippen molar-refractivity contribution in [1.29, 1.82) is 0 Å². The predicted molar refractivity (Wildman–Crippen MR) is 137 cm³/mol. The van der Waals surface area contributed by atoms with E-state index >= 15 is 0 Å². The van der Waals surface area contributed by atoms with Gasteiger partial charge in [-0.2, -0.15) is 4.39 Å². The fourth-order valence-corrected chi connectivity index (χ4v) is 4.93. The van der Waals surface area contributed by atoms with Crippen molar-refractivity contribution >= 4 is 28.4 Å². The van der Waals surface area contributed by atoms with Crippen molar-refractivity contribution < 1.29 is 13.9 Å². The number of rotatable bonds is 7. The Morgan fingerprint density at radius 1 is 1.19 bits per heavy atom. The Hall–Kier alpha value is -3.37. The first kappa shape index (κ1) is 24.3. The smallest absolute Gasteiger partial charge is 0.251 e. The summed E-state index contributed by atoms with van der Waals surface area (Å²) in [6.45, 7) is 4.91. The van der Waals surface area contributed by atoms with Gasteiger partial charge in [0.05, 0.1) is 36.5 Å². The zero-order chi connectivity index (χ0) is 25.1. The molecule has 0 saturated carbocycles. The maximum atomic E-state index is 14.0. The third-order valence-corrected chi connectivity index (χ3v) is 6.76. The van der Waals surface area contributed by atoms with Gasteiger partial charge in [-0.25, -0.2) is 9.97 Å². The van der Waals surface area contributed by atoms with Crippen LogP contribution in [0.25, 0.3) is 11.0 Å². The van der Waals surface area contributed by atoms with Gasteiger partial charge < -0.3 is 24.8 Å². The number of hydrogen-bond acceptors (Lipinski definition) is 8. The topological polar surface area (TPSA) is 86.7 Å². The molecule has 1 atom stereocenters. The van der Waals surface area contributed by atoms with E-state index in [4.69, 9.17) is 14.7 Å². The standard InChI is InChI=1S/C26H32FN7O2/c1-32(2)9-7-29-26(35)18-14-20(22-4-3-8-34(22)19-5-6-28-23(27)16-19)25-21(15-18)30-17-24(31-25)33-10-12-36-13-11-33/h5-6,14-17,22H,3-4,7-13H2,1-2H3,(H,29,35). The summed E-state index contributed by atoms with van der Waals surface area (Å²) in [4.78, 5) is 32.9. The molecule has 36 heavy (non-hydrogen) atoms. The first-order valence-electron chi connectivity index (χ1n) is 12.4. The number of benzene rings is 1. The van der Waals surface area contributed by atoms with Crippen LogP contribution in [0.1, 0.15) is 34.8 Å². The number of fused-ring (bicyclic) bond motifs is 1. The second-order valence-electron chi connectivity index (χ2n) is 9.51. The van der Waals surface area contributed by atoms with Crippen LogP contribution in [0.15, 0.2) is 36.7 Å². The molecule has 1 amide bonds. The minimum Gasteiger partial charge on any atom is -0.378 e. The van der Waals surface area contributed by atoms with E-state index in [1.807, 2.05) is 37.2 Å². The van der Waals surface area contributed by atoms with Crippen molar-refractivity contribution in [3.05, 3.63) is 53.7 Å². The summed E-state index contributed by atoms with van der Waals surface area (Å²) in [6, 6.07) is 6.98. The lowest BCUT2D eigenvalue weighted by molar-refractivity contribution is 0.0951. The lowest BCUT2D eigenvalue weighted by atomic mass is 9.98. The van der Waals surface area contributed by atoms with Crippen molar-refractivity contribution in [3.8, 4) is 0 Å². The van der Waals surface area contributed by atoms with Gasteiger partial charge in [-0.3, -0.25) is 9.78 Å². The normalized spacial score (nSPS) is 18.3. The van der Waals surface area contributed by atoms with Gasteiger partial charge in [0.15, 0.2) is 0 Å². The number of aromatic nitrogens is 3. The number of ether oxygens (including phenoxy) is 1. The van der Waals surface area contributed by atoms with Crippen LogP contribution in [0.4, 0.5) is 15.9 Å².